The van der Waals surface area contributed by atoms with Crippen molar-refractivity contribution in [3.63, 3.8) is 0 Å². The summed E-state index contributed by atoms with van der Waals surface area (Å²) in [5.41, 5.74) is 1.48. The molecule has 0 unspecified atom stereocenters. The minimum Gasteiger partial charge on any atom is -0.378 e. The number of rotatable bonds is 5. The molecule has 1 amide bonds. The molecule has 0 saturated carbocycles. The molecule has 3 aromatic heterocycles. The number of anilines is 1. The van der Waals surface area contributed by atoms with Gasteiger partial charge in [-0.1, -0.05) is 5.16 Å². The van der Waals surface area contributed by atoms with E-state index in [-0.39, 0.29) is 12.5 Å². The topological polar surface area (TPSA) is 97.5 Å². The molecule has 9 nitrogen and oxygen atoms in total. The Morgan fingerprint density at radius 3 is 3.00 bits per heavy atom. The Morgan fingerprint density at radius 2 is 2.22 bits per heavy atom. The number of nitrogens with zero attached hydrogens (tertiary/aromatic N) is 6. The monoisotopic (exact) mass is 386 g/mol. The number of morpholine rings is 1. The predicted octanol–water partition coefficient (Wildman–Crippen LogP) is 1.55. The molecule has 1 aliphatic heterocycles. The van der Waals surface area contributed by atoms with Gasteiger partial charge in [0, 0.05) is 37.3 Å². The van der Waals surface area contributed by atoms with Crippen LogP contribution in [0.2, 0.25) is 0 Å². The molecule has 4 heterocycles. The van der Waals surface area contributed by atoms with Crippen molar-refractivity contribution in [3.8, 4) is 22.8 Å². The highest BCUT2D eigenvalue weighted by molar-refractivity contribution is 7.08. The van der Waals surface area contributed by atoms with E-state index in [0.717, 1.165) is 5.56 Å². The fourth-order valence-corrected chi connectivity index (χ4v) is 3.44. The van der Waals surface area contributed by atoms with Crippen LogP contribution < -0.4 is 4.90 Å². The van der Waals surface area contributed by atoms with Gasteiger partial charge < -0.3 is 19.1 Å². The summed E-state index contributed by atoms with van der Waals surface area (Å²) in [5, 5.41) is 7.93. The van der Waals surface area contributed by atoms with Crippen LogP contribution in [0.5, 0.6) is 0 Å². The molecule has 4 rings (SSSR count). The second kappa shape index (κ2) is 7.80. The van der Waals surface area contributed by atoms with E-state index in [9.17, 15) is 4.79 Å². The van der Waals surface area contributed by atoms with E-state index in [1.165, 1.54) is 6.33 Å². The molecule has 27 heavy (non-hydrogen) atoms. The fraction of sp³-hybridized carbons (Fsp3) is 0.353. The molecule has 1 aliphatic rings. The summed E-state index contributed by atoms with van der Waals surface area (Å²) < 4.78 is 10.7. The maximum Gasteiger partial charge on any atom is 0.263 e. The molecule has 0 spiro atoms. The van der Waals surface area contributed by atoms with Crippen molar-refractivity contribution >= 4 is 23.1 Å². The van der Waals surface area contributed by atoms with Crippen LogP contribution in [0.3, 0.4) is 0 Å². The van der Waals surface area contributed by atoms with Crippen LogP contribution in [-0.4, -0.2) is 70.8 Å². The third-order valence-electron chi connectivity index (χ3n) is 4.22. The smallest absolute Gasteiger partial charge is 0.263 e. The normalized spacial score (nSPS) is 14.3. The number of amides is 1. The first-order chi connectivity index (χ1) is 13.2. The summed E-state index contributed by atoms with van der Waals surface area (Å²) in [7, 11) is 1.81. The highest BCUT2D eigenvalue weighted by atomic mass is 32.1. The lowest BCUT2D eigenvalue weighted by molar-refractivity contribution is -0.133. The van der Waals surface area contributed by atoms with E-state index < -0.39 is 0 Å². The summed E-state index contributed by atoms with van der Waals surface area (Å²) in [5.74, 6) is 1.41. The molecule has 0 aromatic carbocycles. The molecule has 1 saturated heterocycles. The molecule has 140 valence electrons. The van der Waals surface area contributed by atoms with E-state index in [1.54, 1.807) is 34.4 Å². The van der Waals surface area contributed by atoms with Gasteiger partial charge in [0.05, 0.1) is 19.8 Å². The molecule has 0 aliphatic carbocycles. The van der Waals surface area contributed by atoms with Gasteiger partial charge in [-0.3, -0.25) is 4.79 Å². The lowest BCUT2D eigenvalue weighted by Crippen LogP contribution is -2.45. The van der Waals surface area contributed by atoms with Crippen molar-refractivity contribution in [1.29, 1.82) is 0 Å². The zero-order chi connectivity index (χ0) is 18.6. The Morgan fingerprint density at radius 1 is 1.37 bits per heavy atom. The Labute approximate surface area is 159 Å². The summed E-state index contributed by atoms with van der Waals surface area (Å²) >= 11 is 1.56. The molecule has 0 radical (unpaired) electrons. The molecule has 0 bridgehead atoms. The van der Waals surface area contributed by atoms with Crippen LogP contribution in [0.4, 0.5) is 5.82 Å². The van der Waals surface area contributed by atoms with Crippen molar-refractivity contribution < 1.29 is 14.1 Å². The molecule has 10 heteroatoms. The minimum atomic E-state index is 0.0230. The van der Waals surface area contributed by atoms with Crippen LogP contribution in [0.1, 0.15) is 0 Å². The van der Waals surface area contributed by atoms with Gasteiger partial charge in [0.25, 0.3) is 5.89 Å². The summed E-state index contributed by atoms with van der Waals surface area (Å²) in [4.78, 5) is 28.9. The number of hydrogen-bond acceptors (Lipinski definition) is 9. The van der Waals surface area contributed by atoms with Crippen molar-refractivity contribution in [2.75, 3.05) is 44.8 Å². The Kier molecular flexibility index (Phi) is 5.07. The first-order valence-electron chi connectivity index (χ1n) is 8.45. The van der Waals surface area contributed by atoms with E-state index in [1.807, 2.05) is 16.8 Å². The van der Waals surface area contributed by atoms with Crippen LogP contribution in [0.15, 0.2) is 33.9 Å². The second-order valence-electron chi connectivity index (χ2n) is 6.04. The number of carbonyl (C=O) groups excluding carboxylic acids is 1. The van der Waals surface area contributed by atoms with Crippen molar-refractivity contribution in [1.82, 2.24) is 25.0 Å². The Hall–Kier alpha value is -2.85. The quantitative estimate of drug-likeness (QED) is 0.651. The van der Waals surface area contributed by atoms with E-state index in [2.05, 4.69) is 20.1 Å². The van der Waals surface area contributed by atoms with Gasteiger partial charge in [-0.25, -0.2) is 9.97 Å². The molecule has 3 aromatic rings. The van der Waals surface area contributed by atoms with Crippen LogP contribution >= 0.6 is 11.3 Å². The van der Waals surface area contributed by atoms with Crippen LogP contribution in [0, 0.1) is 0 Å². The van der Waals surface area contributed by atoms with Gasteiger partial charge in [0.1, 0.15) is 17.7 Å². The zero-order valence-corrected chi connectivity index (χ0v) is 15.6. The van der Waals surface area contributed by atoms with Crippen LogP contribution in [0.25, 0.3) is 22.8 Å². The van der Waals surface area contributed by atoms with Crippen molar-refractivity contribution in [2.24, 2.45) is 0 Å². The predicted molar refractivity (Wildman–Crippen MR) is 99.3 cm³/mol. The zero-order valence-electron chi connectivity index (χ0n) is 14.7. The van der Waals surface area contributed by atoms with Crippen molar-refractivity contribution in [2.45, 2.75) is 0 Å². The maximum atomic E-state index is 12.5. The first kappa shape index (κ1) is 17.6. The van der Waals surface area contributed by atoms with Crippen LogP contribution in [-0.2, 0) is 9.53 Å². The molecule has 0 atom stereocenters. The van der Waals surface area contributed by atoms with E-state index in [4.69, 9.17) is 9.26 Å². The molecule has 0 N–H and O–H groups in total. The third-order valence-corrected chi connectivity index (χ3v) is 4.91. The minimum absolute atomic E-state index is 0.0230. The van der Waals surface area contributed by atoms with Gasteiger partial charge in [-0.15, -0.1) is 0 Å². The number of aromatic nitrogens is 4. The van der Waals surface area contributed by atoms with Gasteiger partial charge >= 0.3 is 0 Å². The lowest BCUT2D eigenvalue weighted by atomic mass is 10.2. The number of ether oxygens (including phenoxy) is 1. The Balaban J connectivity index is 1.55. The summed E-state index contributed by atoms with van der Waals surface area (Å²) in [6.45, 7) is 2.55. The second-order valence-corrected chi connectivity index (χ2v) is 6.82. The summed E-state index contributed by atoms with van der Waals surface area (Å²) in [6, 6.07) is 1.93. The molecular weight excluding hydrogens is 368 g/mol. The number of thiophene rings is 1. The standard InChI is InChI=1S/C17H18N6O3S/c1-22(9-14(24)23-3-5-25-6-4-23)16-13(8-18-11-19-16)17-20-15(21-26-17)12-2-7-27-10-12/h2,7-8,10-11H,3-6,9H2,1H3. The third kappa shape index (κ3) is 3.81. The van der Waals surface area contributed by atoms with E-state index in [0.29, 0.717) is 49.4 Å². The highest BCUT2D eigenvalue weighted by Crippen LogP contribution is 2.28. The van der Waals surface area contributed by atoms with E-state index >= 15 is 0 Å². The lowest BCUT2D eigenvalue weighted by Gasteiger charge is -2.29. The van der Waals surface area contributed by atoms with Gasteiger partial charge in [0.2, 0.25) is 11.7 Å². The van der Waals surface area contributed by atoms with Gasteiger partial charge in [-0.05, 0) is 11.4 Å². The average molecular weight is 386 g/mol. The SMILES string of the molecule is CN(CC(=O)N1CCOCC1)c1ncncc1-c1nc(-c2ccsc2)no1. The molecule has 1 fully saturated rings. The number of likely N-dealkylation sites (N-methyl/N-ethyl adjacent to an activating group) is 1. The van der Waals surface area contributed by atoms with Crippen molar-refractivity contribution in [3.05, 3.63) is 29.4 Å². The fourth-order valence-electron chi connectivity index (χ4n) is 2.81. The number of carbonyl (C=O) groups is 1. The highest BCUT2D eigenvalue weighted by Gasteiger charge is 2.22. The summed E-state index contributed by atoms with van der Waals surface area (Å²) in [6.07, 6.45) is 3.05. The first-order valence-corrected chi connectivity index (χ1v) is 9.40. The maximum absolute atomic E-state index is 12.5. The average Bonchev–Trinajstić information content (AvgIpc) is 3.40. The molecular formula is C17H18N6O3S. The van der Waals surface area contributed by atoms with Gasteiger partial charge in [0.15, 0.2) is 0 Å². The largest absolute Gasteiger partial charge is 0.378 e. The van der Waals surface area contributed by atoms with Gasteiger partial charge in [-0.2, -0.15) is 16.3 Å². The Bertz CT molecular complexity index is 907. The number of hydrogen-bond donors (Lipinski definition) is 0.